The summed E-state index contributed by atoms with van der Waals surface area (Å²) in [6.07, 6.45) is 0. The Labute approximate surface area is 574 Å². The first-order chi connectivity index (χ1) is 46.4. The van der Waals surface area contributed by atoms with Gasteiger partial charge >= 0.3 is 14.2 Å². The fraction of sp³-hybridized carbons (Fsp3) is 0.143. The lowest BCUT2D eigenvalue weighted by atomic mass is 9.79. The van der Waals surface area contributed by atoms with Gasteiger partial charge in [-0.2, -0.15) is 0 Å². The third kappa shape index (κ3) is 9.93. The number of benzene rings is 12. The molecule has 2 aliphatic heterocycles. The third-order valence-corrected chi connectivity index (χ3v) is 21.8. The van der Waals surface area contributed by atoms with Crippen molar-refractivity contribution in [3.05, 3.63) is 276 Å². The minimum atomic E-state index is -0.446. The highest BCUT2D eigenvalue weighted by atomic mass is 79.9. The Kier molecular flexibility index (Phi) is 14.3. The number of hydrogen-bond acceptors (Lipinski definition) is 4. The number of para-hydroxylation sites is 4. The first-order valence-corrected chi connectivity index (χ1v) is 34.5. The summed E-state index contributed by atoms with van der Waals surface area (Å²) in [6.45, 7) is 16.8. The van der Waals surface area contributed by atoms with Gasteiger partial charge in [0.25, 0.3) is 0 Å². The molecule has 2 aliphatic rings. The molecular formula is C84H68B2Br2N4O4. The van der Waals surface area contributed by atoms with Crippen LogP contribution in [0.25, 0.3) is 131 Å². The zero-order chi connectivity index (χ0) is 65.6. The maximum absolute atomic E-state index is 6.47. The van der Waals surface area contributed by atoms with Gasteiger partial charge in [0.1, 0.15) is 0 Å². The Morgan fingerprint density at radius 2 is 0.583 bits per heavy atom. The van der Waals surface area contributed by atoms with Crippen LogP contribution in [0.4, 0.5) is 0 Å². The van der Waals surface area contributed by atoms with Crippen molar-refractivity contribution < 1.29 is 18.6 Å². The summed E-state index contributed by atoms with van der Waals surface area (Å²) in [5, 5.41) is 14.9. The summed E-state index contributed by atoms with van der Waals surface area (Å²) in [7, 11) is -0.892. The molecule has 2 saturated heterocycles. The van der Waals surface area contributed by atoms with E-state index in [2.05, 4.69) is 348 Å². The van der Waals surface area contributed by atoms with Crippen LogP contribution in [0.2, 0.25) is 0 Å². The van der Waals surface area contributed by atoms with Crippen LogP contribution in [-0.2, 0) is 18.6 Å². The van der Waals surface area contributed by atoms with E-state index in [1.807, 2.05) is 24.3 Å². The predicted octanol–water partition coefficient (Wildman–Crippen LogP) is 21.4. The van der Waals surface area contributed by atoms with Crippen molar-refractivity contribution >= 4 is 177 Å². The maximum atomic E-state index is 6.47. The highest BCUT2D eigenvalue weighted by Gasteiger charge is 2.53. The molecule has 0 saturated carbocycles. The van der Waals surface area contributed by atoms with Crippen molar-refractivity contribution in [1.82, 2.24) is 17.9 Å². The van der Waals surface area contributed by atoms with E-state index in [-0.39, 0.29) is 0 Å². The number of hydrogen-bond donors (Lipinski definition) is 0. The summed E-state index contributed by atoms with van der Waals surface area (Å²) in [4.78, 5) is 0. The number of aromatic nitrogens is 4. The largest absolute Gasteiger partial charge is 0.494 e. The molecule has 19 rings (SSSR count). The van der Waals surface area contributed by atoms with Crippen molar-refractivity contribution in [2.45, 2.75) is 77.8 Å². The molecule has 8 bridgehead atoms. The van der Waals surface area contributed by atoms with Crippen molar-refractivity contribution in [1.29, 1.82) is 0 Å². The van der Waals surface area contributed by atoms with Crippen LogP contribution < -0.4 is 10.9 Å². The molecule has 12 heteroatoms. The Bertz CT molecular complexity index is 5690. The van der Waals surface area contributed by atoms with E-state index in [1.165, 1.54) is 97.7 Å². The fourth-order valence-electron chi connectivity index (χ4n) is 14.5. The van der Waals surface area contributed by atoms with Gasteiger partial charge in [0.15, 0.2) is 0 Å². The lowest BCUT2D eigenvalue weighted by Crippen LogP contribution is -2.41. The van der Waals surface area contributed by atoms with Crippen LogP contribution in [0.3, 0.4) is 0 Å². The van der Waals surface area contributed by atoms with Crippen LogP contribution in [0, 0.1) is 0 Å². The second kappa shape index (κ2) is 22.7. The van der Waals surface area contributed by atoms with E-state index in [1.54, 1.807) is 0 Å². The van der Waals surface area contributed by atoms with Crippen LogP contribution in [0.5, 0.6) is 0 Å². The summed E-state index contributed by atoms with van der Waals surface area (Å²) in [6, 6.07) is 96.4. The minimum absolute atomic E-state index is 0.417. The molecule has 0 amide bonds. The highest BCUT2D eigenvalue weighted by molar-refractivity contribution is 9.11. The van der Waals surface area contributed by atoms with Crippen molar-refractivity contribution in [2.24, 2.45) is 0 Å². The van der Waals surface area contributed by atoms with Crippen LogP contribution in [-0.4, -0.2) is 54.6 Å². The predicted molar refractivity (Wildman–Crippen MR) is 411 cm³/mol. The molecule has 0 spiro atoms. The monoisotopic (exact) mass is 1380 g/mol. The first-order valence-electron chi connectivity index (χ1n) is 32.9. The van der Waals surface area contributed by atoms with Gasteiger partial charge in [-0.15, -0.1) is 0 Å². The van der Waals surface area contributed by atoms with Gasteiger partial charge in [-0.05, 0) is 209 Å². The van der Waals surface area contributed by atoms with Crippen LogP contribution in [0.15, 0.2) is 276 Å². The zero-order valence-corrected chi connectivity index (χ0v) is 57.9. The molecule has 5 aromatic heterocycles. The molecule has 468 valence electrons. The Hall–Kier alpha value is -9.23. The van der Waals surface area contributed by atoms with Gasteiger partial charge in [-0.1, -0.05) is 177 Å². The molecule has 0 aliphatic carbocycles. The minimum Gasteiger partial charge on any atom is -0.399 e. The van der Waals surface area contributed by atoms with Gasteiger partial charge in [0.2, 0.25) is 0 Å². The maximum Gasteiger partial charge on any atom is 0.494 e. The number of rotatable bonds is 4. The average molecular weight is 1380 g/mol. The number of nitrogens with zero attached hydrogens (tertiary/aromatic N) is 4. The molecule has 2 fully saturated rings. The van der Waals surface area contributed by atoms with Gasteiger partial charge < -0.3 is 36.6 Å². The smallest absolute Gasteiger partial charge is 0.399 e. The van der Waals surface area contributed by atoms with E-state index in [0.717, 1.165) is 53.3 Å². The topological polar surface area (TPSA) is 55.6 Å². The third-order valence-electron chi connectivity index (χ3n) is 20.8. The quantitative estimate of drug-likeness (QED) is 0.165. The van der Waals surface area contributed by atoms with E-state index in [4.69, 9.17) is 18.6 Å². The van der Waals surface area contributed by atoms with E-state index in [9.17, 15) is 0 Å². The SMILES string of the molecule is Brc1cccc(Br)c1.CC1(C)OB(c2cccc(-n3c4ccccc4c4cc5c6ccccc6n(-c6cccc(B7OC(C)(C)C(C)(C)O7)c6)c5cc43)c2)OC1(C)C.c1cc2cc(c1)c1cccc(c1)n1c3ccccc3c3cc4c5ccccc5n(c5cccc2c5)c4cc31. The Balaban J connectivity index is 0.000000133. The molecule has 0 radical (unpaired) electrons. The van der Waals surface area contributed by atoms with E-state index >= 15 is 0 Å². The van der Waals surface area contributed by atoms with Crippen LogP contribution >= 0.6 is 31.9 Å². The second-order valence-electron chi connectivity index (χ2n) is 27.7. The standard InChI is InChI=1S/C42H42B2N2O4.C36H22N2.C6H4Br2/c1-39(2)40(3,4)48-43(47-39)27-15-13-17-29(23-27)45-35-21-11-9-19-31(35)33-25-34-32-20-10-12-22-36(32)46(38(34)26-37(33)45)30-18-14-16-28(24-30)44-49-41(5,6)42(7,8)50-44;1-3-16-33-29(14-1)31-21-32-30-15-2-4-17-34(30)38-28-13-7-11-26(20-28)24-9-5-8-23(18-24)25-10-6-12-27(19-25)37(33)35(31)22-36(32)38;7-5-2-1-3-6(8)4-5/h9-26H,1-8H3;1-22H;1-4H. The summed E-state index contributed by atoms with van der Waals surface area (Å²) in [5.74, 6) is 0. The molecule has 0 unspecified atom stereocenters. The first kappa shape index (κ1) is 60.4. The van der Waals surface area contributed by atoms with Gasteiger partial charge in [-0.25, -0.2) is 0 Å². The van der Waals surface area contributed by atoms with Crippen LogP contribution in [0.1, 0.15) is 55.4 Å². The number of halogens is 2. The van der Waals surface area contributed by atoms with Crippen molar-refractivity contribution in [3.63, 3.8) is 0 Å². The molecule has 7 heterocycles. The molecule has 0 atom stereocenters. The average Bonchev–Trinajstić information content (AvgIpc) is 1.56. The van der Waals surface area contributed by atoms with E-state index in [0.29, 0.717) is 0 Å². The molecule has 8 nitrogen and oxygen atoms in total. The van der Waals surface area contributed by atoms with Gasteiger partial charge in [-0.3, -0.25) is 0 Å². The number of fused-ring (bicyclic) bond motifs is 22. The fourth-order valence-corrected chi connectivity index (χ4v) is 15.6. The van der Waals surface area contributed by atoms with E-state index < -0.39 is 36.6 Å². The zero-order valence-electron chi connectivity index (χ0n) is 54.7. The van der Waals surface area contributed by atoms with Gasteiger partial charge in [0.05, 0.1) is 66.5 Å². The Morgan fingerprint density at radius 1 is 0.260 bits per heavy atom. The summed E-state index contributed by atoms with van der Waals surface area (Å²) >= 11 is 6.66. The molecule has 96 heavy (non-hydrogen) atoms. The lowest BCUT2D eigenvalue weighted by molar-refractivity contribution is 0.00578. The van der Waals surface area contributed by atoms with Crippen molar-refractivity contribution in [2.75, 3.05) is 0 Å². The lowest BCUT2D eigenvalue weighted by Gasteiger charge is -2.32. The molecule has 12 aromatic carbocycles. The molecule has 0 N–H and O–H groups in total. The normalized spacial score (nSPS) is 15.7. The summed E-state index contributed by atoms with van der Waals surface area (Å²) < 4.78 is 37.7. The Morgan fingerprint density at radius 3 is 0.979 bits per heavy atom. The highest BCUT2D eigenvalue weighted by Crippen LogP contribution is 2.43. The summed E-state index contributed by atoms with van der Waals surface area (Å²) in [5.41, 5.74) is 14.3. The second-order valence-corrected chi connectivity index (χ2v) is 29.5. The van der Waals surface area contributed by atoms with Crippen molar-refractivity contribution in [3.8, 4) is 11.4 Å². The van der Waals surface area contributed by atoms with Gasteiger partial charge in [0, 0.05) is 74.4 Å². The molecular weight excluding hydrogens is 1310 g/mol. The molecule has 17 aromatic rings.